The Balaban J connectivity index is 2.33. The minimum absolute atomic E-state index is 0.167. The minimum Gasteiger partial charge on any atom is -0.398 e. The number of nitrogens with one attached hydrogen (secondary N) is 1. The van der Waals surface area contributed by atoms with E-state index >= 15 is 0 Å². The fraction of sp³-hybridized carbons (Fsp3) is 0.357. The number of nitrogen functional groups attached to an aromatic ring is 1. The van der Waals surface area contributed by atoms with Crippen LogP contribution in [-0.2, 0) is 19.9 Å². The van der Waals surface area contributed by atoms with Gasteiger partial charge in [0.05, 0.1) is 22.5 Å². The summed E-state index contributed by atoms with van der Waals surface area (Å²) < 4.78 is 1.79. The molecule has 0 aliphatic heterocycles. The molecule has 1 heterocycles. The number of hydrogen-bond donors (Lipinski definition) is 3. The Kier molecular flexibility index (Phi) is 5.11. The Bertz CT molecular complexity index is 639. The molecule has 1 atom stereocenters. The van der Waals surface area contributed by atoms with E-state index in [1.807, 2.05) is 20.0 Å². The van der Waals surface area contributed by atoms with E-state index in [4.69, 9.17) is 34.8 Å². The van der Waals surface area contributed by atoms with Gasteiger partial charge in [-0.3, -0.25) is 16.0 Å². The first-order valence-electron chi connectivity index (χ1n) is 6.69. The highest BCUT2D eigenvalue weighted by Crippen LogP contribution is 2.29. The van der Waals surface area contributed by atoms with Crippen molar-refractivity contribution in [3.8, 4) is 0 Å². The van der Waals surface area contributed by atoms with Crippen LogP contribution < -0.4 is 17.0 Å². The number of nitrogens with two attached hydrogens (primary N) is 2. The number of halogens is 2. The molecule has 0 amide bonds. The summed E-state index contributed by atoms with van der Waals surface area (Å²) in [6.45, 7) is 2.02. The molecular weight excluding hydrogens is 309 g/mol. The zero-order valence-corrected chi connectivity index (χ0v) is 13.5. The predicted octanol–water partition coefficient (Wildman–Crippen LogP) is 2.62. The molecule has 0 saturated heterocycles. The predicted molar refractivity (Wildman–Crippen MR) is 87.2 cm³/mol. The molecule has 0 saturated carbocycles. The second-order valence-electron chi connectivity index (χ2n) is 4.88. The quantitative estimate of drug-likeness (QED) is 0.448. The van der Waals surface area contributed by atoms with Crippen LogP contribution in [0, 0.1) is 0 Å². The minimum atomic E-state index is -0.167. The summed E-state index contributed by atoms with van der Waals surface area (Å²) >= 11 is 12.3. The molecule has 2 rings (SSSR count). The normalized spacial score (nSPS) is 12.6. The lowest BCUT2D eigenvalue weighted by molar-refractivity contribution is 0.531. The molecule has 0 fully saturated rings. The number of aromatic nitrogens is 2. The molecule has 0 radical (unpaired) electrons. The topological polar surface area (TPSA) is 81.9 Å². The first-order chi connectivity index (χ1) is 9.97. The van der Waals surface area contributed by atoms with Crippen molar-refractivity contribution in [3.05, 3.63) is 45.2 Å². The Hall–Kier alpha value is -1.27. The lowest BCUT2D eigenvalue weighted by Crippen LogP contribution is -2.30. The molecule has 0 aliphatic carbocycles. The zero-order valence-electron chi connectivity index (χ0n) is 12.0. The third kappa shape index (κ3) is 3.32. The van der Waals surface area contributed by atoms with Crippen molar-refractivity contribution in [1.82, 2.24) is 15.2 Å². The molecule has 5 nitrogen and oxygen atoms in total. The molecule has 2 aromatic rings. The van der Waals surface area contributed by atoms with Gasteiger partial charge in [-0.2, -0.15) is 5.10 Å². The summed E-state index contributed by atoms with van der Waals surface area (Å²) in [5.41, 5.74) is 12.1. The van der Waals surface area contributed by atoms with E-state index in [1.54, 1.807) is 16.8 Å². The van der Waals surface area contributed by atoms with E-state index in [1.165, 1.54) is 0 Å². The van der Waals surface area contributed by atoms with Gasteiger partial charge in [0.25, 0.3) is 0 Å². The van der Waals surface area contributed by atoms with Crippen LogP contribution in [0.3, 0.4) is 0 Å². The smallest absolute Gasteiger partial charge is 0.0850 e. The molecule has 114 valence electrons. The van der Waals surface area contributed by atoms with E-state index in [-0.39, 0.29) is 6.04 Å². The molecule has 7 heteroatoms. The van der Waals surface area contributed by atoms with Crippen LogP contribution in [0.5, 0.6) is 0 Å². The third-order valence-electron chi connectivity index (χ3n) is 3.53. The van der Waals surface area contributed by atoms with Crippen LogP contribution in [0.2, 0.25) is 10.0 Å². The highest BCUT2D eigenvalue weighted by molar-refractivity contribution is 6.32. The van der Waals surface area contributed by atoms with Gasteiger partial charge in [0.1, 0.15) is 0 Å². The van der Waals surface area contributed by atoms with Crippen molar-refractivity contribution in [2.24, 2.45) is 12.9 Å². The van der Waals surface area contributed by atoms with Gasteiger partial charge in [0.15, 0.2) is 0 Å². The van der Waals surface area contributed by atoms with Crippen molar-refractivity contribution in [2.45, 2.75) is 25.8 Å². The van der Waals surface area contributed by atoms with E-state index in [0.29, 0.717) is 22.2 Å². The highest BCUT2D eigenvalue weighted by atomic mass is 35.5. The standard InChI is InChI=1S/C14H19Cl2N5/c1-3-11-14(16)13(21(2)20-11)7-12(19-18)9-5-4-8(15)6-10(9)17/h4-6,12,19H,3,7,17-18H2,1-2H3. The van der Waals surface area contributed by atoms with Gasteiger partial charge in [0, 0.05) is 24.2 Å². The van der Waals surface area contributed by atoms with Crippen LogP contribution >= 0.6 is 23.2 Å². The van der Waals surface area contributed by atoms with Gasteiger partial charge in [0.2, 0.25) is 0 Å². The number of rotatable bonds is 5. The Morgan fingerprint density at radius 3 is 2.62 bits per heavy atom. The SMILES string of the molecule is CCc1nn(C)c(CC(NN)c2ccc(Cl)cc2N)c1Cl. The molecule has 21 heavy (non-hydrogen) atoms. The van der Waals surface area contributed by atoms with Crippen LogP contribution in [0.1, 0.15) is 29.9 Å². The van der Waals surface area contributed by atoms with Crippen LogP contribution in [0.15, 0.2) is 18.2 Å². The monoisotopic (exact) mass is 327 g/mol. The maximum absolute atomic E-state index is 6.38. The van der Waals surface area contributed by atoms with Crippen LogP contribution in [0.25, 0.3) is 0 Å². The maximum atomic E-state index is 6.38. The maximum Gasteiger partial charge on any atom is 0.0850 e. The molecular formula is C14H19Cl2N5. The summed E-state index contributed by atoms with van der Waals surface area (Å²) in [6.07, 6.45) is 1.38. The number of anilines is 1. The zero-order chi connectivity index (χ0) is 15.6. The summed E-state index contributed by atoms with van der Waals surface area (Å²) in [7, 11) is 1.87. The Labute approximate surface area is 134 Å². The number of benzene rings is 1. The third-order valence-corrected chi connectivity index (χ3v) is 4.20. The summed E-state index contributed by atoms with van der Waals surface area (Å²) in [4.78, 5) is 0. The van der Waals surface area contributed by atoms with E-state index in [0.717, 1.165) is 23.4 Å². The lowest BCUT2D eigenvalue weighted by atomic mass is 10.0. The highest BCUT2D eigenvalue weighted by Gasteiger charge is 2.20. The van der Waals surface area contributed by atoms with Gasteiger partial charge in [-0.05, 0) is 24.1 Å². The molecule has 1 unspecified atom stereocenters. The van der Waals surface area contributed by atoms with Crippen molar-refractivity contribution < 1.29 is 0 Å². The van der Waals surface area contributed by atoms with Gasteiger partial charge in [-0.1, -0.05) is 36.2 Å². The van der Waals surface area contributed by atoms with E-state index < -0.39 is 0 Å². The second kappa shape index (κ2) is 6.66. The van der Waals surface area contributed by atoms with Crippen molar-refractivity contribution in [1.29, 1.82) is 0 Å². The second-order valence-corrected chi connectivity index (χ2v) is 5.70. The van der Waals surface area contributed by atoms with E-state index in [9.17, 15) is 0 Å². The summed E-state index contributed by atoms with van der Waals surface area (Å²) in [5, 5.41) is 5.69. The molecule has 5 N–H and O–H groups in total. The first-order valence-corrected chi connectivity index (χ1v) is 7.44. The summed E-state index contributed by atoms with van der Waals surface area (Å²) in [6, 6.07) is 5.20. The number of aryl methyl sites for hydroxylation is 2. The van der Waals surface area contributed by atoms with Crippen LogP contribution in [-0.4, -0.2) is 9.78 Å². The van der Waals surface area contributed by atoms with Crippen LogP contribution in [0.4, 0.5) is 5.69 Å². The van der Waals surface area contributed by atoms with E-state index in [2.05, 4.69) is 10.5 Å². The fourth-order valence-electron chi connectivity index (χ4n) is 2.36. The Morgan fingerprint density at radius 1 is 1.38 bits per heavy atom. The number of hydrazine groups is 1. The molecule has 0 aliphatic rings. The van der Waals surface area contributed by atoms with Crippen molar-refractivity contribution >= 4 is 28.9 Å². The number of nitrogens with zero attached hydrogens (tertiary/aromatic N) is 2. The lowest BCUT2D eigenvalue weighted by Gasteiger charge is -2.18. The van der Waals surface area contributed by atoms with Gasteiger partial charge in [-0.25, -0.2) is 0 Å². The molecule has 1 aromatic heterocycles. The first kappa shape index (κ1) is 16.1. The van der Waals surface area contributed by atoms with Crippen molar-refractivity contribution in [2.75, 3.05) is 5.73 Å². The molecule has 0 spiro atoms. The molecule has 0 bridgehead atoms. The van der Waals surface area contributed by atoms with Gasteiger partial charge < -0.3 is 5.73 Å². The number of hydrogen-bond acceptors (Lipinski definition) is 4. The Morgan fingerprint density at radius 2 is 2.10 bits per heavy atom. The average Bonchev–Trinajstić information content (AvgIpc) is 2.72. The summed E-state index contributed by atoms with van der Waals surface area (Å²) in [5.74, 6) is 5.69. The molecule has 1 aromatic carbocycles. The van der Waals surface area contributed by atoms with Gasteiger partial charge in [-0.15, -0.1) is 0 Å². The largest absolute Gasteiger partial charge is 0.398 e. The fourth-order valence-corrected chi connectivity index (χ4v) is 2.91. The van der Waals surface area contributed by atoms with Crippen molar-refractivity contribution in [3.63, 3.8) is 0 Å². The van der Waals surface area contributed by atoms with Gasteiger partial charge >= 0.3 is 0 Å². The average molecular weight is 328 g/mol.